The summed E-state index contributed by atoms with van der Waals surface area (Å²) in [6.07, 6.45) is 1.62. The highest BCUT2D eigenvalue weighted by Gasteiger charge is 2.30. The number of benzene rings is 1. The first-order valence-corrected chi connectivity index (χ1v) is 8.45. The molecule has 1 aromatic carbocycles. The van der Waals surface area contributed by atoms with Crippen molar-refractivity contribution in [3.05, 3.63) is 35.9 Å². The van der Waals surface area contributed by atoms with Crippen molar-refractivity contribution in [1.82, 2.24) is 9.80 Å². The van der Waals surface area contributed by atoms with Crippen LogP contribution in [0.25, 0.3) is 0 Å². The number of hydrogen-bond donors (Lipinski definition) is 1. The molecule has 1 heterocycles. The SMILES string of the molecule is CN(CC1CC1)C[C@@H]1CN(C(=O)[C@H](O)c2ccccc2)CCO1. The number of rotatable bonds is 6. The molecule has 23 heavy (non-hydrogen) atoms. The van der Waals surface area contributed by atoms with Gasteiger partial charge in [-0.25, -0.2) is 0 Å². The number of ether oxygens (including phenoxy) is 1. The lowest BCUT2D eigenvalue weighted by atomic mass is 10.1. The van der Waals surface area contributed by atoms with E-state index in [-0.39, 0.29) is 12.0 Å². The highest BCUT2D eigenvalue weighted by atomic mass is 16.5. The van der Waals surface area contributed by atoms with Crippen molar-refractivity contribution >= 4 is 5.91 Å². The summed E-state index contributed by atoms with van der Waals surface area (Å²) in [7, 11) is 2.11. The predicted molar refractivity (Wildman–Crippen MR) is 87.9 cm³/mol. The van der Waals surface area contributed by atoms with Gasteiger partial charge in [0.15, 0.2) is 6.10 Å². The lowest BCUT2D eigenvalue weighted by molar-refractivity contribution is -0.148. The Bertz CT molecular complexity index is 518. The van der Waals surface area contributed by atoms with Crippen LogP contribution in [0, 0.1) is 5.92 Å². The van der Waals surface area contributed by atoms with E-state index in [0.717, 1.165) is 19.0 Å². The normalized spacial score (nSPS) is 23.1. The van der Waals surface area contributed by atoms with E-state index in [2.05, 4.69) is 11.9 Å². The van der Waals surface area contributed by atoms with E-state index in [1.807, 2.05) is 18.2 Å². The molecule has 2 aliphatic rings. The second-order valence-electron chi connectivity index (χ2n) is 6.75. The van der Waals surface area contributed by atoms with E-state index in [1.54, 1.807) is 17.0 Å². The molecule has 0 spiro atoms. The Kier molecular flexibility index (Phi) is 5.30. The van der Waals surface area contributed by atoms with Crippen LogP contribution in [0.5, 0.6) is 0 Å². The van der Waals surface area contributed by atoms with Gasteiger partial charge in [-0.15, -0.1) is 0 Å². The van der Waals surface area contributed by atoms with Gasteiger partial charge in [0.25, 0.3) is 5.91 Å². The molecule has 1 aromatic rings. The van der Waals surface area contributed by atoms with Gasteiger partial charge >= 0.3 is 0 Å². The summed E-state index contributed by atoms with van der Waals surface area (Å²) < 4.78 is 5.80. The molecule has 1 aliphatic heterocycles. The third kappa shape index (κ3) is 4.53. The zero-order chi connectivity index (χ0) is 16.2. The summed E-state index contributed by atoms with van der Waals surface area (Å²) >= 11 is 0. The van der Waals surface area contributed by atoms with Gasteiger partial charge in [-0.3, -0.25) is 4.79 Å². The van der Waals surface area contributed by atoms with E-state index < -0.39 is 6.10 Å². The highest BCUT2D eigenvalue weighted by Crippen LogP contribution is 2.29. The Balaban J connectivity index is 1.53. The lowest BCUT2D eigenvalue weighted by Gasteiger charge is -2.35. The van der Waals surface area contributed by atoms with Crippen molar-refractivity contribution in [2.75, 3.05) is 39.8 Å². The summed E-state index contributed by atoms with van der Waals surface area (Å²) in [5.74, 6) is 0.621. The Hall–Kier alpha value is -1.43. The summed E-state index contributed by atoms with van der Waals surface area (Å²) in [6, 6.07) is 9.11. The molecule has 1 aliphatic carbocycles. The molecule has 3 rings (SSSR count). The van der Waals surface area contributed by atoms with Crippen LogP contribution < -0.4 is 0 Å². The molecule has 0 bridgehead atoms. The van der Waals surface area contributed by atoms with Gasteiger partial charge in [0.1, 0.15) is 0 Å². The van der Waals surface area contributed by atoms with Crippen molar-refractivity contribution in [3.8, 4) is 0 Å². The predicted octanol–water partition coefficient (Wildman–Crippen LogP) is 1.29. The summed E-state index contributed by atoms with van der Waals surface area (Å²) in [6.45, 7) is 3.58. The second-order valence-corrected chi connectivity index (χ2v) is 6.75. The number of nitrogens with zero attached hydrogens (tertiary/aromatic N) is 2. The van der Waals surface area contributed by atoms with Crippen LogP contribution in [0.2, 0.25) is 0 Å². The average Bonchev–Trinajstić information content (AvgIpc) is 3.38. The van der Waals surface area contributed by atoms with Gasteiger partial charge < -0.3 is 19.6 Å². The van der Waals surface area contributed by atoms with Gasteiger partial charge in [-0.1, -0.05) is 30.3 Å². The smallest absolute Gasteiger partial charge is 0.256 e. The summed E-state index contributed by atoms with van der Waals surface area (Å²) in [4.78, 5) is 16.6. The minimum Gasteiger partial charge on any atom is -0.378 e. The average molecular weight is 318 g/mol. The quantitative estimate of drug-likeness (QED) is 0.859. The fourth-order valence-electron chi connectivity index (χ4n) is 3.14. The van der Waals surface area contributed by atoms with Gasteiger partial charge in [-0.05, 0) is 31.4 Å². The second kappa shape index (κ2) is 7.43. The number of carbonyl (C=O) groups excluding carboxylic acids is 1. The number of likely N-dealkylation sites (N-methyl/N-ethyl adjacent to an activating group) is 1. The van der Waals surface area contributed by atoms with Gasteiger partial charge in [0, 0.05) is 26.2 Å². The molecule has 5 heteroatoms. The Morgan fingerprint density at radius 2 is 2.09 bits per heavy atom. The Labute approximate surface area is 137 Å². The zero-order valence-electron chi connectivity index (χ0n) is 13.7. The molecule has 5 nitrogen and oxygen atoms in total. The topological polar surface area (TPSA) is 53.0 Å². The monoisotopic (exact) mass is 318 g/mol. The van der Waals surface area contributed by atoms with Crippen molar-refractivity contribution in [3.63, 3.8) is 0 Å². The van der Waals surface area contributed by atoms with Crippen LogP contribution >= 0.6 is 0 Å². The lowest BCUT2D eigenvalue weighted by Crippen LogP contribution is -2.50. The number of hydrogen-bond acceptors (Lipinski definition) is 4. The van der Waals surface area contributed by atoms with Crippen LogP contribution in [-0.4, -0.2) is 66.8 Å². The number of amides is 1. The van der Waals surface area contributed by atoms with Crippen LogP contribution in [0.1, 0.15) is 24.5 Å². The maximum atomic E-state index is 12.5. The molecule has 1 N–H and O–H groups in total. The van der Waals surface area contributed by atoms with Gasteiger partial charge in [0.2, 0.25) is 0 Å². The molecule has 1 saturated carbocycles. The van der Waals surface area contributed by atoms with Crippen molar-refractivity contribution < 1.29 is 14.6 Å². The van der Waals surface area contributed by atoms with Crippen LogP contribution in [0.3, 0.4) is 0 Å². The molecule has 1 saturated heterocycles. The van der Waals surface area contributed by atoms with E-state index >= 15 is 0 Å². The maximum Gasteiger partial charge on any atom is 0.256 e. The highest BCUT2D eigenvalue weighted by molar-refractivity contribution is 5.82. The first kappa shape index (κ1) is 16.4. The van der Waals surface area contributed by atoms with E-state index in [1.165, 1.54) is 12.8 Å². The number of aliphatic hydroxyl groups is 1. The molecular weight excluding hydrogens is 292 g/mol. The van der Waals surface area contributed by atoms with Crippen molar-refractivity contribution in [2.45, 2.75) is 25.0 Å². The van der Waals surface area contributed by atoms with Crippen LogP contribution in [-0.2, 0) is 9.53 Å². The molecule has 126 valence electrons. The Morgan fingerprint density at radius 3 is 2.78 bits per heavy atom. The molecule has 0 aromatic heterocycles. The molecule has 1 amide bonds. The van der Waals surface area contributed by atoms with E-state index in [9.17, 15) is 9.90 Å². The first-order chi connectivity index (χ1) is 11.1. The minimum absolute atomic E-state index is 0.0272. The fraction of sp³-hybridized carbons (Fsp3) is 0.611. The maximum absolute atomic E-state index is 12.5. The van der Waals surface area contributed by atoms with Crippen LogP contribution in [0.15, 0.2) is 30.3 Å². The van der Waals surface area contributed by atoms with Crippen molar-refractivity contribution in [2.24, 2.45) is 5.92 Å². The molecule has 0 unspecified atom stereocenters. The third-order valence-electron chi connectivity index (χ3n) is 4.58. The molecular formula is C18H26N2O3. The molecule has 2 fully saturated rings. The van der Waals surface area contributed by atoms with E-state index in [4.69, 9.17) is 4.74 Å². The Morgan fingerprint density at radius 1 is 1.35 bits per heavy atom. The van der Waals surface area contributed by atoms with E-state index in [0.29, 0.717) is 25.3 Å². The number of aliphatic hydroxyl groups excluding tert-OH is 1. The minimum atomic E-state index is -1.08. The number of morpholine rings is 1. The third-order valence-corrected chi connectivity index (χ3v) is 4.58. The summed E-state index contributed by atoms with van der Waals surface area (Å²) in [5.41, 5.74) is 0.645. The van der Waals surface area contributed by atoms with Crippen LogP contribution in [0.4, 0.5) is 0 Å². The summed E-state index contributed by atoms with van der Waals surface area (Å²) in [5, 5.41) is 10.3. The van der Waals surface area contributed by atoms with Crippen molar-refractivity contribution in [1.29, 1.82) is 0 Å². The number of carbonyl (C=O) groups is 1. The fourth-order valence-corrected chi connectivity index (χ4v) is 3.14. The first-order valence-electron chi connectivity index (χ1n) is 8.45. The molecule has 0 radical (unpaired) electrons. The molecule has 2 atom stereocenters. The van der Waals surface area contributed by atoms with Gasteiger partial charge in [0.05, 0.1) is 12.7 Å². The zero-order valence-corrected chi connectivity index (χ0v) is 13.7. The standard InChI is InChI=1S/C18H26N2O3/c1-19(11-14-7-8-14)12-16-13-20(9-10-23-16)18(22)17(21)15-5-3-2-4-6-15/h2-6,14,16-17,21H,7-13H2,1H3/t16-,17-/m1/s1. The van der Waals surface area contributed by atoms with Gasteiger partial charge in [-0.2, -0.15) is 0 Å². The largest absolute Gasteiger partial charge is 0.378 e.